The summed E-state index contributed by atoms with van der Waals surface area (Å²) in [5, 5.41) is 3.43. The van der Waals surface area contributed by atoms with Crippen molar-refractivity contribution in [1.29, 1.82) is 0 Å². The minimum atomic E-state index is 0. The number of aliphatic imine (C=N–C) groups is 1. The van der Waals surface area contributed by atoms with Crippen LogP contribution in [0, 0.1) is 5.92 Å². The SMILES string of the molecule is CCCCN(C)C(=NC)NCCC1CC1.I. The van der Waals surface area contributed by atoms with Crippen molar-refractivity contribution in [3.63, 3.8) is 0 Å². The second-order valence-corrected chi connectivity index (χ2v) is 4.48. The highest BCUT2D eigenvalue weighted by molar-refractivity contribution is 14.0. The summed E-state index contributed by atoms with van der Waals surface area (Å²) in [5.74, 6) is 2.04. The van der Waals surface area contributed by atoms with E-state index >= 15 is 0 Å². The van der Waals surface area contributed by atoms with Gasteiger partial charge in [-0.25, -0.2) is 0 Å². The Kier molecular flexibility index (Phi) is 9.07. The summed E-state index contributed by atoms with van der Waals surface area (Å²) < 4.78 is 0. The molecule has 0 spiro atoms. The minimum absolute atomic E-state index is 0. The predicted octanol–water partition coefficient (Wildman–Crippen LogP) is 2.71. The van der Waals surface area contributed by atoms with Crippen molar-refractivity contribution in [2.24, 2.45) is 10.9 Å². The van der Waals surface area contributed by atoms with Crippen LogP contribution in [0.15, 0.2) is 4.99 Å². The van der Waals surface area contributed by atoms with Gasteiger partial charge in [0, 0.05) is 27.2 Å². The molecule has 0 aliphatic heterocycles. The normalized spacial score (nSPS) is 15.6. The van der Waals surface area contributed by atoms with E-state index in [4.69, 9.17) is 0 Å². The highest BCUT2D eigenvalue weighted by atomic mass is 127. The Bertz CT molecular complexity index is 202. The van der Waals surface area contributed by atoms with Gasteiger partial charge in [0.1, 0.15) is 0 Å². The zero-order chi connectivity index (χ0) is 11.1. The van der Waals surface area contributed by atoms with E-state index in [1.54, 1.807) is 0 Å². The van der Waals surface area contributed by atoms with Crippen molar-refractivity contribution >= 4 is 29.9 Å². The Hall–Kier alpha value is 0. The molecule has 96 valence electrons. The summed E-state index contributed by atoms with van der Waals surface area (Å²) in [6, 6.07) is 0. The molecule has 0 aromatic heterocycles. The first-order valence-electron chi connectivity index (χ1n) is 6.19. The van der Waals surface area contributed by atoms with Gasteiger partial charge in [0.2, 0.25) is 0 Å². The fourth-order valence-corrected chi connectivity index (χ4v) is 1.68. The fraction of sp³-hybridized carbons (Fsp3) is 0.917. The Balaban J connectivity index is 0.00000225. The molecule has 0 heterocycles. The molecule has 1 aliphatic carbocycles. The van der Waals surface area contributed by atoms with E-state index in [9.17, 15) is 0 Å². The first-order chi connectivity index (χ1) is 7.27. The first-order valence-corrected chi connectivity index (χ1v) is 6.19. The van der Waals surface area contributed by atoms with Crippen LogP contribution >= 0.6 is 24.0 Å². The van der Waals surface area contributed by atoms with E-state index in [0.29, 0.717) is 0 Å². The molecule has 1 rings (SSSR count). The summed E-state index contributed by atoms with van der Waals surface area (Å²) in [6.07, 6.45) is 6.65. The maximum Gasteiger partial charge on any atom is 0.193 e. The third kappa shape index (κ3) is 6.55. The van der Waals surface area contributed by atoms with Gasteiger partial charge in [0.05, 0.1) is 0 Å². The average Bonchev–Trinajstić information content (AvgIpc) is 3.05. The van der Waals surface area contributed by atoms with E-state index in [1.807, 2.05) is 7.05 Å². The Labute approximate surface area is 117 Å². The van der Waals surface area contributed by atoms with Crippen LogP contribution in [0.2, 0.25) is 0 Å². The minimum Gasteiger partial charge on any atom is -0.356 e. The number of nitrogens with one attached hydrogen (secondary N) is 1. The molecule has 0 radical (unpaired) electrons. The van der Waals surface area contributed by atoms with Gasteiger partial charge in [-0.2, -0.15) is 0 Å². The smallest absolute Gasteiger partial charge is 0.193 e. The molecular formula is C12H26IN3. The zero-order valence-corrected chi connectivity index (χ0v) is 13.2. The molecule has 1 saturated carbocycles. The number of halogens is 1. The molecule has 0 aromatic rings. The van der Waals surface area contributed by atoms with Gasteiger partial charge in [0.25, 0.3) is 0 Å². The molecule has 3 nitrogen and oxygen atoms in total. The number of hydrogen-bond donors (Lipinski definition) is 1. The quantitative estimate of drug-likeness (QED) is 0.458. The summed E-state index contributed by atoms with van der Waals surface area (Å²) in [4.78, 5) is 6.51. The van der Waals surface area contributed by atoms with Gasteiger partial charge >= 0.3 is 0 Å². The van der Waals surface area contributed by atoms with Crippen molar-refractivity contribution in [3.05, 3.63) is 0 Å². The molecule has 0 aromatic carbocycles. The summed E-state index contributed by atoms with van der Waals surface area (Å²) in [6.45, 7) is 4.39. The zero-order valence-electron chi connectivity index (χ0n) is 10.8. The van der Waals surface area contributed by atoms with Crippen LogP contribution in [0.25, 0.3) is 0 Å². The van der Waals surface area contributed by atoms with Gasteiger partial charge in [-0.15, -0.1) is 24.0 Å². The predicted molar refractivity (Wildman–Crippen MR) is 81.7 cm³/mol. The van der Waals surface area contributed by atoms with Crippen molar-refractivity contribution in [3.8, 4) is 0 Å². The van der Waals surface area contributed by atoms with Crippen LogP contribution in [0.3, 0.4) is 0 Å². The van der Waals surface area contributed by atoms with Gasteiger partial charge < -0.3 is 10.2 Å². The molecular weight excluding hydrogens is 313 g/mol. The van der Waals surface area contributed by atoms with Crippen LogP contribution < -0.4 is 5.32 Å². The van der Waals surface area contributed by atoms with Gasteiger partial charge in [0.15, 0.2) is 5.96 Å². The lowest BCUT2D eigenvalue weighted by Crippen LogP contribution is -2.39. The lowest BCUT2D eigenvalue weighted by Gasteiger charge is -2.21. The number of hydrogen-bond acceptors (Lipinski definition) is 1. The molecule has 1 aliphatic rings. The van der Waals surface area contributed by atoms with E-state index < -0.39 is 0 Å². The van der Waals surface area contributed by atoms with Crippen molar-refractivity contribution in [2.45, 2.75) is 39.0 Å². The number of unbranched alkanes of at least 4 members (excludes halogenated alkanes) is 1. The second-order valence-electron chi connectivity index (χ2n) is 4.48. The lowest BCUT2D eigenvalue weighted by atomic mass is 10.3. The molecule has 1 N–H and O–H groups in total. The van der Waals surface area contributed by atoms with Crippen LogP contribution in [0.5, 0.6) is 0 Å². The largest absolute Gasteiger partial charge is 0.356 e. The highest BCUT2D eigenvalue weighted by Crippen LogP contribution is 2.31. The summed E-state index contributed by atoms with van der Waals surface area (Å²) >= 11 is 0. The third-order valence-corrected chi connectivity index (χ3v) is 2.95. The third-order valence-electron chi connectivity index (χ3n) is 2.95. The molecule has 0 amide bonds. The monoisotopic (exact) mass is 339 g/mol. The molecule has 0 saturated heterocycles. The van der Waals surface area contributed by atoms with E-state index in [2.05, 4.69) is 29.2 Å². The second kappa shape index (κ2) is 9.07. The molecule has 4 heteroatoms. The lowest BCUT2D eigenvalue weighted by molar-refractivity contribution is 0.463. The summed E-state index contributed by atoms with van der Waals surface area (Å²) in [5.41, 5.74) is 0. The van der Waals surface area contributed by atoms with Crippen LogP contribution in [0.4, 0.5) is 0 Å². The maximum absolute atomic E-state index is 4.29. The molecule has 16 heavy (non-hydrogen) atoms. The van der Waals surface area contributed by atoms with Crippen LogP contribution in [0.1, 0.15) is 39.0 Å². The topological polar surface area (TPSA) is 27.6 Å². The van der Waals surface area contributed by atoms with Crippen LogP contribution in [-0.2, 0) is 0 Å². The average molecular weight is 339 g/mol. The molecule has 0 unspecified atom stereocenters. The van der Waals surface area contributed by atoms with Crippen molar-refractivity contribution in [1.82, 2.24) is 10.2 Å². The van der Waals surface area contributed by atoms with E-state index in [0.717, 1.165) is 25.0 Å². The van der Waals surface area contributed by atoms with Crippen molar-refractivity contribution < 1.29 is 0 Å². The Morgan fingerprint density at radius 2 is 2.12 bits per heavy atom. The van der Waals surface area contributed by atoms with Crippen LogP contribution in [-0.4, -0.2) is 38.0 Å². The molecule has 1 fully saturated rings. The fourth-order valence-electron chi connectivity index (χ4n) is 1.68. The molecule has 0 atom stereocenters. The highest BCUT2D eigenvalue weighted by Gasteiger charge is 2.20. The maximum atomic E-state index is 4.29. The number of nitrogens with zero attached hydrogens (tertiary/aromatic N) is 2. The number of guanidine groups is 1. The van der Waals surface area contributed by atoms with Crippen molar-refractivity contribution in [2.75, 3.05) is 27.2 Å². The number of rotatable bonds is 6. The Morgan fingerprint density at radius 3 is 2.62 bits per heavy atom. The van der Waals surface area contributed by atoms with Gasteiger partial charge in [-0.05, 0) is 18.8 Å². The molecule has 0 bridgehead atoms. The summed E-state index contributed by atoms with van der Waals surface area (Å²) in [7, 11) is 3.98. The van der Waals surface area contributed by atoms with E-state index in [1.165, 1.54) is 32.1 Å². The standard InChI is InChI=1S/C12H25N3.HI/c1-4-5-10-15(3)12(13-2)14-9-8-11-6-7-11;/h11H,4-10H2,1-3H3,(H,13,14);1H. The van der Waals surface area contributed by atoms with E-state index in [-0.39, 0.29) is 24.0 Å². The first kappa shape index (κ1) is 16.0. The van der Waals surface area contributed by atoms with Gasteiger partial charge in [-0.3, -0.25) is 4.99 Å². The Morgan fingerprint density at radius 1 is 1.44 bits per heavy atom. The van der Waals surface area contributed by atoms with Gasteiger partial charge in [-0.1, -0.05) is 26.2 Å².